The van der Waals surface area contributed by atoms with E-state index in [2.05, 4.69) is 38.9 Å². The quantitative estimate of drug-likeness (QED) is 0.0260. The van der Waals surface area contributed by atoms with E-state index in [0.717, 1.165) is 29.2 Å². The molecular weight excluding hydrogens is 1910 g/mol. The number of hydrogen-bond donors (Lipinski definition) is 6. The van der Waals surface area contributed by atoms with Gasteiger partial charge in [-0.05, 0) is 226 Å². The van der Waals surface area contributed by atoms with Crippen molar-refractivity contribution in [2.24, 2.45) is 0 Å². The molecule has 134 heavy (non-hydrogen) atoms. The van der Waals surface area contributed by atoms with Crippen LogP contribution in [0.15, 0.2) is 377 Å². The zero-order valence-corrected chi connectivity index (χ0v) is 78.8. The van der Waals surface area contributed by atoms with E-state index in [1.54, 1.807) is 152 Å². The van der Waals surface area contributed by atoms with E-state index in [4.69, 9.17) is 58.0 Å². The van der Waals surface area contributed by atoms with Crippen LogP contribution in [-0.2, 0) is 61.3 Å². The van der Waals surface area contributed by atoms with E-state index in [1.807, 2.05) is 20.8 Å². The minimum atomic E-state index is -3.97. The van der Waals surface area contributed by atoms with E-state index in [1.165, 1.54) is 201 Å². The molecule has 24 nitrogen and oxygen atoms in total. The summed E-state index contributed by atoms with van der Waals surface area (Å²) < 4.78 is 153. The van der Waals surface area contributed by atoms with E-state index in [9.17, 15) is 75.2 Å². The molecule has 0 fully saturated rings. The first-order valence-corrected chi connectivity index (χ1v) is 49.3. The van der Waals surface area contributed by atoms with Crippen LogP contribution in [0.5, 0.6) is 0 Å². The van der Waals surface area contributed by atoms with Crippen LogP contribution < -0.4 is 28.9 Å². The molecule has 15 rings (SSSR count). The summed E-state index contributed by atoms with van der Waals surface area (Å²) in [5.41, 5.74) is 5.63. The normalized spacial score (nSPS) is 11.1. The van der Waals surface area contributed by atoms with Gasteiger partial charge in [0, 0.05) is 89.1 Å². The number of aryl methyl sites for hydroxylation is 3. The molecule has 0 aliphatic rings. The topological polar surface area (TPSA) is 371 Å². The molecule has 1 amide bonds. The fraction of sp³-hybridized carbons (Fsp3) is 0.0505. The Hall–Kier alpha value is -13.9. The molecular formula is C99H78Cl5FN8O16S5. The Morgan fingerprint density at radius 3 is 0.858 bits per heavy atom. The number of carbonyl (C=O) groups excluding carboxylic acids is 6. The molecule has 0 spiro atoms. The number of benzene rings is 13. The predicted octanol–water partition coefficient (Wildman–Crippen LogP) is 21.9. The lowest BCUT2D eigenvalue weighted by molar-refractivity contribution is -0.114. The van der Waals surface area contributed by atoms with Crippen LogP contribution in [0, 0.1) is 19.7 Å². The maximum Gasteiger partial charge on any atom is 0.261 e. The first-order chi connectivity index (χ1) is 63.8. The highest BCUT2D eigenvalue weighted by Gasteiger charge is 2.28. The summed E-state index contributed by atoms with van der Waals surface area (Å²) in [5, 5.41) is 4.10. The minimum Gasteiger partial charge on any atom is -0.326 e. The molecule has 0 saturated carbocycles. The van der Waals surface area contributed by atoms with Crippen LogP contribution in [0.4, 0.5) is 38.5 Å². The minimum absolute atomic E-state index is 0.0142. The molecule has 2 heterocycles. The van der Waals surface area contributed by atoms with Gasteiger partial charge in [-0.15, -0.1) is 0 Å². The third kappa shape index (κ3) is 27.4. The van der Waals surface area contributed by atoms with Crippen molar-refractivity contribution in [3.05, 3.63) is 456 Å². The van der Waals surface area contributed by atoms with Gasteiger partial charge in [-0.3, -0.25) is 62.3 Å². The van der Waals surface area contributed by atoms with Gasteiger partial charge in [0.15, 0.2) is 17.3 Å². The molecule has 0 aliphatic carbocycles. The summed E-state index contributed by atoms with van der Waals surface area (Å²) in [6.45, 7) is 7.06. The van der Waals surface area contributed by atoms with Crippen LogP contribution in [0.2, 0.25) is 25.1 Å². The number of anilines is 6. The Morgan fingerprint density at radius 1 is 0.291 bits per heavy atom. The Balaban J connectivity index is 0.000000161. The third-order valence-electron chi connectivity index (χ3n) is 19.2. The molecule has 0 saturated heterocycles. The second kappa shape index (κ2) is 45.5. The van der Waals surface area contributed by atoms with E-state index in [0.29, 0.717) is 36.9 Å². The van der Waals surface area contributed by atoms with Crippen LogP contribution in [-0.4, -0.2) is 86.9 Å². The first kappa shape index (κ1) is 101. The Labute approximate surface area is 798 Å². The van der Waals surface area contributed by atoms with Gasteiger partial charge >= 0.3 is 0 Å². The summed E-state index contributed by atoms with van der Waals surface area (Å²) in [6.07, 6.45) is 3.80. The summed E-state index contributed by atoms with van der Waals surface area (Å²) in [4.78, 5) is 83.4. The number of hydrogen-bond acceptors (Lipinski definition) is 18. The van der Waals surface area contributed by atoms with Gasteiger partial charge < -0.3 is 5.32 Å². The molecule has 35 heteroatoms. The number of sulfonamides is 5. The highest BCUT2D eigenvalue weighted by molar-refractivity contribution is 7.94. The van der Waals surface area contributed by atoms with Crippen LogP contribution in [0.25, 0.3) is 0 Å². The lowest BCUT2D eigenvalue weighted by atomic mass is 10.0. The summed E-state index contributed by atoms with van der Waals surface area (Å²) in [7, 11) is -19.4. The van der Waals surface area contributed by atoms with E-state index < -0.39 is 73.3 Å². The van der Waals surface area contributed by atoms with Crippen molar-refractivity contribution in [2.45, 2.75) is 58.6 Å². The SMILES string of the molecule is CC(=O)Nc1ccc(S(=O)(=O)Nc2ccc(Cl)cc2C(=O)c2ccccc2)cc1.CCc1ccc(S(=O)(=O)Nc2ccc(Cl)cc2C(=O)c2ccccn2)cc1.Cc1ccc(S(=O)(=O)Nc2ccc(Cl)cc2C(=O)c2ccccc2F)cc1.Cc1ccc(S(=O)(=O)Nc2ccc(Cl)cc2C(=O)c2ccccn2)cc1.O=C(c1ccccc1)c1cc(Cl)ccc1NS(=O)(=O)c1ccccc1. The number of halogens is 6. The number of aromatic nitrogens is 2. The largest absolute Gasteiger partial charge is 0.326 e. The molecule has 0 aliphatic heterocycles. The number of carbonyl (C=O) groups is 6. The van der Waals surface area contributed by atoms with Crippen molar-refractivity contribution < 1.29 is 75.2 Å². The van der Waals surface area contributed by atoms with Gasteiger partial charge in [-0.2, -0.15) is 0 Å². The average Bonchev–Trinajstić information content (AvgIpc) is 0.814. The second-order valence-corrected chi connectivity index (χ2v) is 39.5. The summed E-state index contributed by atoms with van der Waals surface area (Å²) in [6, 6.07) is 87.2. The van der Waals surface area contributed by atoms with Gasteiger partial charge in [0.05, 0.1) is 58.5 Å². The maximum absolute atomic E-state index is 14.0. The number of ketones is 5. The second-order valence-electron chi connectivity index (χ2n) is 28.9. The van der Waals surface area contributed by atoms with Crippen molar-refractivity contribution in [2.75, 3.05) is 28.9 Å². The van der Waals surface area contributed by atoms with Crippen molar-refractivity contribution in [1.82, 2.24) is 9.97 Å². The number of rotatable bonds is 27. The van der Waals surface area contributed by atoms with Crippen molar-refractivity contribution >= 4 is 177 Å². The standard InChI is InChI=1S/C21H17ClN2O4S.C20H15ClFNO3S.C20H17ClN2O3S.C19H15ClN2O3S.C19H14ClNO3S/c1-14(25)23-17-8-10-18(11-9-17)29(27,28)24-20-12-7-16(22)13-19(20)21(26)15-5-3-2-4-6-15;1-13-6-9-15(10-7-13)27(25,26)23-19-11-8-14(21)12-17(19)20(24)16-4-2-3-5-18(16)22;1-2-14-6-9-16(10-7-14)27(25,26)23-18-11-8-15(21)13-17(18)20(24)19-5-3-4-12-22-19;1-13-5-8-15(9-6-13)26(24,25)22-17-10-7-14(20)12-16(17)19(23)18-4-2-3-11-21-18;20-15-11-12-18(21-25(23,24)16-9-5-2-6-10-16)17(13-15)19(22)14-7-3-1-4-8-14/h2-13,24H,1H3,(H,23,25);2-12,23H,1H3;3-13,23H,2H2,1H3;2-12,22H,1H3;1-13,21H. The molecule has 15 aromatic rings. The van der Waals surface area contributed by atoms with Gasteiger partial charge in [-0.25, -0.2) is 46.5 Å². The van der Waals surface area contributed by atoms with Crippen LogP contribution in [0.1, 0.15) is 110 Å². The highest BCUT2D eigenvalue weighted by Crippen LogP contribution is 2.34. The summed E-state index contributed by atoms with van der Waals surface area (Å²) in [5.74, 6) is -3.14. The van der Waals surface area contributed by atoms with Gasteiger partial charge in [0.2, 0.25) is 17.5 Å². The summed E-state index contributed by atoms with van der Waals surface area (Å²) >= 11 is 30.0. The molecule has 0 atom stereocenters. The fourth-order valence-electron chi connectivity index (χ4n) is 12.4. The van der Waals surface area contributed by atoms with Crippen molar-refractivity contribution in [3.8, 4) is 0 Å². The van der Waals surface area contributed by atoms with Crippen LogP contribution in [0.3, 0.4) is 0 Å². The number of amides is 1. The first-order valence-electron chi connectivity index (χ1n) is 40.0. The third-order valence-corrected chi connectivity index (χ3v) is 27.3. The van der Waals surface area contributed by atoms with Gasteiger partial charge in [0.25, 0.3) is 50.1 Å². The molecule has 682 valence electrons. The number of nitrogens with one attached hydrogen (secondary N) is 6. The zero-order valence-electron chi connectivity index (χ0n) is 70.9. The van der Waals surface area contributed by atoms with Crippen LogP contribution >= 0.6 is 58.0 Å². The predicted molar refractivity (Wildman–Crippen MR) is 522 cm³/mol. The Morgan fingerprint density at radius 2 is 0.560 bits per heavy atom. The highest BCUT2D eigenvalue weighted by atomic mass is 35.5. The lowest BCUT2D eigenvalue weighted by Crippen LogP contribution is -2.16. The molecule has 2 aromatic heterocycles. The number of nitrogens with zero attached hydrogens (tertiary/aromatic N) is 2. The maximum atomic E-state index is 14.0. The lowest BCUT2D eigenvalue weighted by Gasteiger charge is -2.13. The number of pyridine rings is 2. The average molecular weight is 1990 g/mol. The smallest absolute Gasteiger partial charge is 0.261 e. The molecule has 0 bridgehead atoms. The zero-order chi connectivity index (χ0) is 96.7. The fourth-order valence-corrected chi connectivity index (χ4v) is 18.7. The van der Waals surface area contributed by atoms with Crippen molar-refractivity contribution in [3.63, 3.8) is 0 Å². The van der Waals surface area contributed by atoms with Crippen molar-refractivity contribution in [1.29, 1.82) is 0 Å². The molecule has 0 radical (unpaired) electrons. The monoisotopic (exact) mass is 1990 g/mol. The molecule has 13 aromatic carbocycles. The van der Waals surface area contributed by atoms with E-state index >= 15 is 0 Å². The molecule has 0 unspecified atom stereocenters. The Kier molecular flexibility index (Phi) is 34.2. The molecule has 6 N–H and O–H groups in total. The Bertz CT molecular complexity index is 7460. The van der Waals surface area contributed by atoms with Gasteiger partial charge in [-0.1, -0.05) is 216 Å². The van der Waals surface area contributed by atoms with E-state index in [-0.39, 0.29) is 120 Å². The van der Waals surface area contributed by atoms with Gasteiger partial charge in [0.1, 0.15) is 17.2 Å².